The third kappa shape index (κ3) is 4.02. The summed E-state index contributed by atoms with van der Waals surface area (Å²) in [5.74, 6) is -0.634. The van der Waals surface area contributed by atoms with Crippen LogP contribution in [0.4, 0.5) is 11.4 Å². The third-order valence-corrected chi connectivity index (χ3v) is 7.67. The lowest BCUT2D eigenvalue weighted by Gasteiger charge is -2.21. The second-order valence-corrected chi connectivity index (χ2v) is 11.4. The molecule has 0 spiro atoms. The van der Waals surface area contributed by atoms with E-state index < -0.39 is 11.3 Å². The van der Waals surface area contributed by atoms with E-state index in [9.17, 15) is 14.4 Å². The minimum Gasteiger partial charge on any atom is -0.366 e. The summed E-state index contributed by atoms with van der Waals surface area (Å²) in [5, 5.41) is 4.73. The van der Waals surface area contributed by atoms with E-state index in [-0.39, 0.29) is 11.8 Å². The number of nitrogens with two attached hydrogens (primary N) is 1. The van der Waals surface area contributed by atoms with Crippen molar-refractivity contribution < 1.29 is 14.4 Å². The Balaban J connectivity index is 1.51. The lowest BCUT2D eigenvalue weighted by atomic mass is 9.93. The number of anilines is 2. The predicted octanol–water partition coefficient (Wildman–Crippen LogP) is 6.54. The van der Waals surface area contributed by atoms with E-state index in [1.807, 2.05) is 99.3 Å². The standard InChI is InChI=1S/C33H30N4O3/c1-18-21(10-7-11-27(18)37-17-19-8-5-6-9-22(19)31(37)39)23-14-15-25(30(34)38)29-28(23)24-13-12-20(16-26(24)36-29)35-32(40)33(2,3)4/h5-16,36H,17H2,1-4H3,(H2,34,38)(H,35,40). The molecule has 0 unspecified atom stereocenters. The molecule has 0 radical (unpaired) electrons. The Morgan fingerprint density at radius 3 is 2.40 bits per heavy atom. The van der Waals surface area contributed by atoms with E-state index in [1.54, 1.807) is 6.07 Å². The summed E-state index contributed by atoms with van der Waals surface area (Å²) in [6.45, 7) is 8.12. The molecule has 4 N–H and O–H groups in total. The van der Waals surface area contributed by atoms with Crippen LogP contribution < -0.4 is 16.0 Å². The first-order valence-corrected chi connectivity index (χ1v) is 13.2. The van der Waals surface area contributed by atoms with Crippen molar-refractivity contribution in [3.8, 4) is 11.1 Å². The molecule has 2 heterocycles. The van der Waals surface area contributed by atoms with Crippen LogP contribution >= 0.6 is 0 Å². The molecule has 5 aromatic rings. The third-order valence-electron chi connectivity index (χ3n) is 7.67. The summed E-state index contributed by atoms with van der Waals surface area (Å²) in [6, 6.07) is 23.0. The number of hydrogen-bond acceptors (Lipinski definition) is 3. The second-order valence-electron chi connectivity index (χ2n) is 11.4. The number of fused-ring (bicyclic) bond motifs is 4. The highest BCUT2D eigenvalue weighted by molar-refractivity contribution is 6.21. The summed E-state index contributed by atoms with van der Waals surface area (Å²) in [7, 11) is 0. The molecule has 0 bridgehead atoms. The lowest BCUT2D eigenvalue weighted by Crippen LogP contribution is -2.27. The number of carbonyl (C=O) groups is 3. The largest absolute Gasteiger partial charge is 0.366 e. The Labute approximate surface area is 232 Å². The second kappa shape index (κ2) is 9.09. The highest BCUT2D eigenvalue weighted by Crippen LogP contribution is 2.41. The number of hydrogen-bond donors (Lipinski definition) is 3. The molecule has 4 aromatic carbocycles. The smallest absolute Gasteiger partial charge is 0.258 e. The summed E-state index contributed by atoms with van der Waals surface area (Å²) in [5.41, 5.74) is 13.1. The molecule has 7 nitrogen and oxygen atoms in total. The molecule has 0 atom stereocenters. The maximum Gasteiger partial charge on any atom is 0.258 e. The van der Waals surface area contributed by atoms with Crippen molar-refractivity contribution in [3.05, 3.63) is 95.1 Å². The van der Waals surface area contributed by atoms with Gasteiger partial charge in [0.2, 0.25) is 5.91 Å². The van der Waals surface area contributed by atoms with Crippen LogP contribution in [0.2, 0.25) is 0 Å². The quantitative estimate of drug-likeness (QED) is 0.245. The molecule has 0 saturated heterocycles. The maximum absolute atomic E-state index is 13.3. The lowest BCUT2D eigenvalue weighted by molar-refractivity contribution is -0.123. The van der Waals surface area contributed by atoms with Crippen molar-refractivity contribution in [2.45, 2.75) is 34.2 Å². The SMILES string of the molecule is Cc1c(-c2ccc(C(N)=O)c3[nH]c4cc(NC(=O)C(C)(C)C)ccc4c23)cccc1N1Cc2ccccc2C1=O. The number of primary amides is 1. The van der Waals surface area contributed by atoms with Crippen LogP contribution in [0.25, 0.3) is 32.9 Å². The Hall–Kier alpha value is -4.91. The van der Waals surface area contributed by atoms with E-state index >= 15 is 0 Å². The molecule has 0 saturated carbocycles. The van der Waals surface area contributed by atoms with Crippen molar-refractivity contribution >= 4 is 50.9 Å². The fraction of sp³-hybridized carbons (Fsp3) is 0.182. The van der Waals surface area contributed by atoms with Gasteiger partial charge in [-0.2, -0.15) is 0 Å². The zero-order valence-electron chi connectivity index (χ0n) is 22.9. The summed E-state index contributed by atoms with van der Waals surface area (Å²) < 4.78 is 0. The number of aromatic amines is 1. The predicted molar refractivity (Wildman–Crippen MR) is 160 cm³/mol. The van der Waals surface area contributed by atoms with Gasteiger partial charge in [0.15, 0.2) is 0 Å². The Morgan fingerprint density at radius 1 is 0.925 bits per heavy atom. The van der Waals surface area contributed by atoms with Gasteiger partial charge in [-0.15, -0.1) is 0 Å². The van der Waals surface area contributed by atoms with E-state index in [1.165, 1.54) is 0 Å². The van der Waals surface area contributed by atoms with E-state index in [4.69, 9.17) is 5.73 Å². The molecular formula is C33H30N4O3. The van der Waals surface area contributed by atoms with Crippen LogP contribution in [0.5, 0.6) is 0 Å². The highest BCUT2D eigenvalue weighted by Gasteiger charge is 2.30. The molecular weight excluding hydrogens is 500 g/mol. The fourth-order valence-corrected chi connectivity index (χ4v) is 5.50. The number of rotatable bonds is 4. The maximum atomic E-state index is 13.3. The molecule has 40 heavy (non-hydrogen) atoms. The van der Waals surface area contributed by atoms with Crippen molar-refractivity contribution in [1.29, 1.82) is 0 Å². The average molecular weight is 531 g/mol. The van der Waals surface area contributed by atoms with Gasteiger partial charge in [0.1, 0.15) is 0 Å². The van der Waals surface area contributed by atoms with Crippen LogP contribution in [0.1, 0.15) is 52.6 Å². The molecule has 200 valence electrons. The van der Waals surface area contributed by atoms with Gasteiger partial charge in [-0.1, -0.05) is 63.2 Å². The molecule has 1 aliphatic heterocycles. The fourth-order valence-electron chi connectivity index (χ4n) is 5.50. The van der Waals surface area contributed by atoms with Crippen molar-refractivity contribution in [1.82, 2.24) is 4.98 Å². The monoisotopic (exact) mass is 530 g/mol. The highest BCUT2D eigenvalue weighted by atomic mass is 16.2. The van der Waals surface area contributed by atoms with Gasteiger partial charge < -0.3 is 20.9 Å². The summed E-state index contributed by atoms with van der Waals surface area (Å²) >= 11 is 0. The van der Waals surface area contributed by atoms with Crippen molar-refractivity contribution in [2.24, 2.45) is 11.1 Å². The molecule has 0 aliphatic carbocycles. The molecule has 1 aromatic heterocycles. The molecule has 3 amide bonds. The van der Waals surface area contributed by atoms with Gasteiger partial charge >= 0.3 is 0 Å². The number of nitrogens with one attached hydrogen (secondary N) is 2. The van der Waals surface area contributed by atoms with Crippen molar-refractivity contribution in [3.63, 3.8) is 0 Å². The molecule has 7 heteroatoms. The van der Waals surface area contributed by atoms with Crippen LogP contribution in [0, 0.1) is 12.3 Å². The van der Waals surface area contributed by atoms with E-state index in [2.05, 4.69) is 10.3 Å². The van der Waals surface area contributed by atoms with E-state index in [0.717, 1.165) is 49.8 Å². The van der Waals surface area contributed by atoms with Gasteiger partial charge in [0.25, 0.3) is 11.8 Å². The molecule has 6 rings (SSSR count). The Bertz CT molecular complexity index is 1880. The number of H-pyrrole nitrogens is 1. The average Bonchev–Trinajstić information content (AvgIpc) is 3.45. The van der Waals surface area contributed by atoms with Gasteiger partial charge in [0.05, 0.1) is 17.6 Å². The number of benzene rings is 4. The van der Waals surface area contributed by atoms with Gasteiger partial charge in [-0.3, -0.25) is 14.4 Å². The first-order valence-electron chi connectivity index (χ1n) is 13.2. The summed E-state index contributed by atoms with van der Waals surface area (Å²) in [4.78, 5) is 43.5. The topological polar surface area (TPSA) is 108 Å². The number of aromatic nitrogens is 1. The molecule has 1 aliphatic rings. The first-order chi connectivity index (χ1) is 19.0. The normalized spacial score (nSPS) is 13.2. The van der Waals surface area contributed by atoms with Crippen molar-refractivity contribution in [2.75, 3.05) is 10.2 Å². The van der Waals surface area contributed by atoms with Crippen LogP contribution in [0.15, 0.2) is 72.8 Å². The summed E-state index contributed by atoms with van der Waals surface area (Å²) in [6.07, 6.45) is 0. The minimum atomic E-state index is -0.539. The molecule has 0 fully saturated rings. The Morgan fingerprint density at radius 2 is 1.68 bits per heavy atom. The zero-order valence-corrected chi connectivity index (χ0v) is 22.9. The van der Waals surface area contributed by atoms with Crippen LogP contribution in [0.3, 0.4) is 0 Å². The number of amides is 3. The first kappa shape index (κ1) is 25.4. The minimum absolute atomic E-state index is 0.0120. The van der Waals surface area contributed by atoms with Crippen LogP contribution in [-0.2, 0) is 11.3 Å². The number of nitrogens with zero attached hydrogens (tertiary/aromatic N) is 1. The zero-order chi connectivity index (χ0) is 28.3. The van der Waals surface area contributed by atoms with Crippen LogP contribution in [-0.4, -0.2) is 22.7 Å². The van der Waals surface area contributed by atoms with Gasteiger partial charge in [-0.25, -0.2) is 0 Å². The Kier molecular flexibility index (Phi) is 5.76. The number of carbonyl (C=O) groups excluding carboxylic acids is 3. The van der Waals surface area contributed by atoms with E-state index in [0.29, 0.717) is 23.3 Å². The van der Waals surface area contributed by atoms with Gasteiger partial charge in [0, 0.05) is 38.6 Å². The van der Waals surface area contributed by atoms with Gasteiger partial charge in [-0.05, 0) is 59.5 Å².